The van der Waals surface area contributed by atoms with Gasteiger partial charge in [-0.1, -0.05) is 12.1 Å². The lowest BCUT2D eigenvalue weighted by atomic mass is 10.2. The van der Waals surface area contributed by atoms with E-state index in [9.17, 15) is 0 Å². The number of rotatable bonds is 6. The summed E-state index contributed by atoms with van der Waals surface area (Å²) in [6.07, 6.45) is 6.43. The van der Waals surface area contributed by atoms with E-state index in [-0.39, 0.29) is 0 Å². The quantitative estimate of drug-likeness (QED) is 0.635. The summed E-state index contributed by atoms with van der Waals surface area (Å²) in [5.41, 5.74) is 2.24. The third kappa shape index (κ3) is 4.10. The average Bonchev–Trinajstić information content (AvgIpc) is 3.21. The van der Waals surface area contributed by atoms with Crippen LogP contribution in [0.5, 0.6) is 0 Å². The van der Waals surface area contributed by atoms with Crippen LogP contribution in [-0.2, 0) is 6.54 Å². The smallest absolute Gasteiger partial charge is 0.191 e. The van der Waals surface area contributed by atoms with Crippen molar-refractivity contribution in [3.8, 4) is 5.69 Å². The summed E-state index contributed by atoms with van der Waals surface area (Å²) < 4.78 is 1.86. The number of hydrogen-bond acceptors (Lipinski definition) is 2. The van der Waals surface area contributed by atoms with Gasteiger partial charge in [0.25, 0.3) is 0 Å². The maximum atomic E-state index is 4.67. The van der Waals surface area contributed by atoms with Gasteiger partial charge in [-0.05, 0) is 49.4 Å². The summed E-state index contributed by atoms with van der Waals surface area (Å²) in [5, 5.41) is 11.0. The SMILES string of the molecule is CCNC(=NCc1cccc(-n2cccn2)c1)NCC1CC1. The van der Waals surface area contributed by atoms with Gasteiger partial charge in [-0.25, -0.2) is 9.67 Å². The van der Waals surface area contributed by atoms with Gasteiger partial charge in [-0.15, -0.1) is 0 Å². The molecule has 1 aliphatic carbocycles. The Morgan fingerprint density at radius 2 is 2.23 bits per heavy atom. The van der Waals surface area contributed by atoms with Gasteiger partial charge in [0.15, 0.2) is 5.96 Å². The number of hydrogen-bond donors (Lipinski definition) is 2. The normalized spacial score (nSPS) is 14.9. The maximum absolute atomic E-state index is 4.67. The van der Waals surface area contributed by atoms with Crippen LogP contribution in [0.25, 0.3) is 5.69 Å². The Morgan fingerprint density at radius 1 is 1.32 bits per heavy atom. The summed E-state index contributed by atoms with van der Waals surface area (Å²) in [5.74, 6) is 1.74. The largest absolute Gasteiger partial charge is 0.357 e. The van der Waals surface area contributed by atoms with Crippen LogP contribution in [0.15, 0.2) is 47.7 Å². The molecule has 22 heavy (non-hydrogen) atoms. The minimum absolute atomic E-state index is 0.662. The lowest BCUT2D eigenvalue weighted by molar-refractivity contribution is 0.739. The molecule has 1 heterocycles. The van der Waals surface area contributed by atoms with E-state index in [1.165, 1.54) is 18.4 Å². The fraction of sp³-hybridized carbons (Fsp3) is 0.412. The third-order valence-electron chi connectivity index (χ3n) is 3.70. The summed E-state index contributed by atoms with van der Waals surface area (Å²) in [7, 11) is 0. The van der Waals surface area contributed by atoms with Gasteiger partial charge in [0.2, 0.25) is 0 Å². The minimum Gasteiger partial charge on any atom is -0.357 e. The standard InChI is InChI=1S/C17H23N5/c1-2-18-17(19-12-14-7-8-14)20-13-15-5-3-6-16(11-15)22-10-4-9-21-22/h3-6,9-11,14H,2,7-8,12-13H2,1H3,(H2,18,19,20). The van der Waals surface area contributed by atoms with Gasteiger partial charge >= 0.3 is 0 Å². The Balaban J connectivity index is 1.65. The van der Waals surface area contributed by atoms with E-state index >= 15 is 0 Å². The van der Waals surface area contributed by atoms with Gasteiger partial charge in [0.1, 0.15) is 0 Å². The molecule has 0 spiro atoms. The van der Waals surface area contributed by atoms with Crippen LogP contribution in [0.1, 0.15) is 25.3 Å². The van der Waals surface area contributed by atoms with Gasteiger partial charge in [0.05, 0.1) is 12.2 Å². The number of benzene rings is 1. The number of nitrogens with zero attached hydrogens (tertiary/aromatic N) is 3. The molecule has 0 aliphatic heterocycles. The Bertz CT molecular complexity index is 614. The maximum Gasteiger partial charge on any atom is 0.191 e. The first-order valence-corrected chi connectivity index (χ1v) is 7.96. The molecule has 0 amide bonds. The molecular formula is C17H23N5. The van der Waals surface area contributed by atoms with Crippen LogP contribution in [0.2, 0.25) is 0 Å². The van der Waals surface area contributed by atoms with E-state index in [0.29, 0.717) is 6.54 Å². The summed E-state index contributed by atoms with van der Waals surface area (Å²) in [4.78, 5) is 4.67. The summed E-state index contributed by atoms with van der Waals surface area (Å²) >= 11 is 0. The molecule has 1 saturated carbocycles. The van der Waals surface area contributed by atoms with Crippen molar-refractivity contribution < 1.29 is 0 Å². The highest BCUT2D eigenvalue weighted by Gasteiger charge is 2.20. The van der Waals surface area contributed by atoms with Crippen molar-refractivity contribution in [1.29, 1.82) is 0 Å². The van der Waals surface area contributed by atoms with Crippen molar-refractivity contribution in [2.24, 2.45) is 10.9 Å². The first-order chi connectivity index (χ1) is 10.8. The Labute approximate surface area is 131 Å². The van der Waals surface area contributed by atoms with E-state index in [0.717, 1.165) is 30.7 Å². The van der Waals surface area contributed by atoms with Crippen LogP contribution in [0.3, 0.4) is 0 Å². The van der Waals surface area contributed by atoms with Crippen molar-refractivity contribution >= 4 is 5.96 Å². The van der Waals surface area contributed by atoms with Gasteiger partial charge in [0, 0.05) is 25.5 Å². The molecule has 1 aromatic heterocycles. The predicted molar refractivity (Wildman–Crippen MR) is 89.1 cm³/mol. The number of guanidine groups is 1. The Kier molecular flexibility index (Phi) is 4.73. The lowest BCUT2D eigenvalue weighted by Gasteiger charge is -2.11. The van der Waals surface area contributed by atoms with Crippen molar-refractivity contribution in [3.63, 3.8) is 0 Å². The molecule has 2 N–H and O–H groups in total. The second kappa shape index (κ2) is 7.11. The molecule has 0 unspecified atom stereocenters. The number of nitrogens with one attached hydrogen (secondary N) is 2. The second-order valence-corrected chi connectivity index (χ2v) is 5.64. The highest BCUT2D eigenvalue weighted by atomic mass is 15.3. The monoisotopic (exact) mass is 297 g/mol. The topological polar surface area (TPSA) is 54.2 Å². The van der Waals surface area contributed by atoms with E-state index < -0.39 is 0 Å². The molecule has 116 valence electrons. The molecule has 1 fully saturated rings. The van der Waals surface area contributed by atoms with Crippen LogP contribution >= 0.6 is 0 Å². The predicted octanol–water partition coefficient (Wildman–Crippen LogP) is 2.34. The van der Waals surface area contributed by atoms with Crippen LogP contribution in [-0.4, -0.2) is 28.8 Å². The van der Waals surface area contributed by atoms with E-state index in [4.69, 9.17) is 0 Å². The van der Waals surface area contributed by atoms with Gasteiger partial charge < -0.3 is 10.6 Å². The molecule has 0 bridgehead atoms. The molecule has 0 atom stereocenters. The minimum atomic E-state index is 0.662. The van der Waals surface area contributed by atoms with Crippen LogP contribution in [0, 0.1) is 5.92 Å². The molecule has 5 nitrogen and oxygen atoms in total. The third-order valence-corrected chi connectivity index (χ3v) is 3.70. The summed E-state index contributed by atoms with van der Waals surface area (Å²) in [6, 6.07) is 10.3. The zero-order valence-corrected chi connectivity index (χ0v) is 13.0. The average molecular weight is 297 g/mol. The Hall–Kier alpha value is -2.30. The van der Waals surface area contributed by atoms with E-state index in [1.807, 2.05) is 23.0 Å². The van der Waals surface area contributed by atoms with Crippen LogP contribution in [0.4, 0.5) is 0 Å². The number of aliphatic imine (C=N–C) groups is 1. The van der Waals surface area contributed by atoms with Crippen molar-refractivity contribution in [2.75, 3.05) is 13.1 Å². The van der Waals surface area contributed by atoms with Crippen molar-refractivity contribution in [3.05, 3.63) is 48.3 Å². The van der Waals surface area contributed by atoms with Crippen molar-refractivity contribution in [2.45, 2.75) is 26.3 Å². The zero-order chi connectivity index (χ0) is 15.2. The molecule has 0 radical (unpaired) electrons. The van der Waals surface area contributed by atoms with E-state index in [2.05, 4.69) is 45.8 Å². The molecule has 3 rings (SSSR count). The van der Waals surface area contributed by atoms with Crippen LogP contribution < -0.4 is 10.6 Å². The zero-order valence-electron chi connectivity index (χ0n) is 13.0. The van der Waals surface area contributed by atoms with Gasteiger partial charge in [-0.2, -0.15) is 5.10 Å². The highest BCUT2D eigenvalue weighted by Crippen LogP contribution is 2.27. The fourth-order valence-corrected chi connectivity index (χ4v) is 2.29. The van der Waals surface area contributed by atoms with Gasteiger partial charge in [-0.3, -0.25) is 0 Å². The highest BCUT2D eigenvalue weighted by molar-refractivity contribution is 5.79. The first kappa shape index (κ1) is 14.6. The summed E-state index contributed by atoms with van der Waals surface area (Å²) in [6.45, 7) is 4.66. The molecule has 5 heteroatoms. The Morgan fingerprint density at radius 3 is 2.95 bits per heavy atom. The van der Waals surface area contributed by atoms with E-state index in [1.54, 1.807) is 6.20 Å². The molecule has 2 aromatic rings. The molecule has 0 saturated heterocycles. The fourth-order valence-electron chi connectivity index (χ4n) is 2.29. The van der Waals surface area contributed by atoms with Crippen molar-refractivity contribution in [1.82, 2.24) is 20.4 Å². The molecule has 1 aliphatic rings. The number of aromatic nitrogens is 2. The lowest BCUT2D eigenvalue weighted by Crippen LogP contribution is -2.38. The second-order valence-electron chi connectivity index (χ2n) is 5.64. The first-order valence-electron chi connectivity index (χ1n) is 7.96. The molecular weight excluding hydrogens is 274 g/mol. The molecule has 1 aromatic carbocycles.